The van der Waals surface area contributed by atoms with Crippen LogP contribution in [0.15, 0.2) is 53.8 Å². The number of aliphatic imine (C=N–C) groups is 1. The molecule has 2 aromatic heterocycles. The number of hydrogen-bond acceptors (Lipinski definition) is 5. The molecular formula is C22H24ClN5. The first-order chi connectivity index (χ1) is 13.6. The Morgan fingerprint density at radius 3 is 2.68 bits per heavy atom. The average Bonchev–Trinajstić information content (AvgIpc) is 2.71. The van der Waals surface area contributed by atoms with Crippen LogP contribution in [0.1, 0.15) is 31.5 Å². The van der Waals surface area contributed by atoms with E-state index in [4.69, 9.17) is 16.6 Å². The largest absolute Gasteiger partial charge is 0.364 e. The highest BCUT2D eigenvalue weighted by molar-refractivity contribution is 6.30. The summed E-state index contributed by atoms with van der Waals surface area (Å²) in [7, 11) is 0. The van der Waals surface area contributed by atoms with Crippen LogP contribution in [0.4, 0.5) is 11.5 Å². The molecule has 0 saturated carbocycles. The molecule has 6 heteroatoms. The topological polar surface area (TPSA) is 63.1 Å². The molecule has 28 heavy (non-hydrogen) atoms. The van der Waals surface area contributed by atoms with Gasteiger partial charge in [0, 0.05) is 30.7 Å². The summed E-state index contributed by atoms with van der Waals surface area (Å²) >= 11 is 6.09. The summed E-state index contributed by atoms with van der Waals surface area (Å²) in [6.07, 6.45) is 6.30. The predicted octanol–water partition coefficient (Wildman–Crippen LogP) is 5.86. The molecule has 1 N–H and O–H groups in total. The highest BCUT2D eigenvalue weighted by Crippen LogP contribution is 2.30. The van der Waals surface area contributed by atoms with Gasteiger partial charge in [-0.05, 0) is 30.9 Å². The third-order valence-corrected chi connectivity index (χ3v) is 4.63. The molecule has 0 fully saturated rings. The Morgan fingerprint density at radius 2 is 1.96 bits per heavy atom. The molecular weight excluding hydrogens is 370 g/mol. The lowest BCUT2D eigenvalue weighted by Crippen LogP contribution is -2.05. The first-order valence-corrected chi connectivity index (χ1v) is 9.76. The normalized spacial score (nSPS) is 12.3. The maximum Gasteiger partial charge on any atom is 0.163 e. The molecule has 2 heterocycles. The zero-order valence-corrected chi connectivity index (χ0v) is 17.1. The number of halogens is 1. The zero-order valence-electron chi connectivity index (χ0n) is 16.4. The molecule has 1 unspecified atom stereocenters. The van der Waals surface area contributed by atoms with E-state index in [0.717, 1.165) is 23.4 Å². The minimum atomic E-state index is 0.387. The second-order valence-corrected chi connectivity index (χ2v) is 7.16. The van der Waals surface area contributed by atoms with E-state index in [-0.39, 0.29) is 0 Å². The predicted molar refractivity (Wildman–Crippen MR) is 116 cm³/mol. The van der Waals surface area contributed by atoms with Crippen LogP contribution in [0, 0.1) is 12.8 Å². The van der Waals surface area contributed by atoms with E-state index >= 15 is 0 Å². The Morgan fingerprint density at radius 1 is 1.18 bits per heavy atom. The number of aromatic nitrogens is 3. The Kier molecular flexibility index (Phi) is 6.71. The summed E-state index contributed by atoms with van der Waals surface area (Å²) in [5.41, 5.74) is 3.51. The lowest BCUT2D eigenvalue weighted by Gasteiger charge is -2.13. The van der Waals surface area contributed by atoms with E-state index in [1.807, 2.05) is 37.4 Å². The quantitative estimate of drug-likeness (QED) is 0.510. The molecule has 0 saturated heterocycles. The van der Waals surface area contributed by atoms with E-state index in [1.54, 1.807) is 12.4 Å². The van der Waals surface area contributed by atoms with E-state index in [2.05, 4.69) is 46.3 Å². The summed E-state index contributed by atoms with van der Waals surface area (Å²) in [5, 5.41) is 3.97. The maximum atomic E-state index is 6.09. The molecule has 3 aromatic rings. The first kappa shape index (κ1) is 20.0. The van der Waals surface area contributed by atoms with Crippen molar-refractivity contribution in [1.29, 1.82) is 0 Å². The van der Waals surface area contributed by atoms with Gasteiger partial charge in [0.25, 0.3) is 0 Å². The van der Waals surface area contributed by atoms with Gasteiger partial charge in [0.2, 0.25) is 0 Å². The maximum absolute atomic E-state index is 6.09. The third kappa shape index (κ3) is 5.14. The van der Waals surface area contributed by atoms with Crippen molar-refractivity contribution in [1.82, 2.24) is 15.0 Å². The summed E-state index contributed by atoms with van der Waals surface area (Å²) in [5.74, 6) is 1.66. The van der Waals surface area contributed by atoms with Crippen molar-refractivity contribution in [2.24, 2.45) is 10.9 Å². The molecule has 0 aliphatic carbocycles. The Balaban J connectivity index is 1.99. The van der Waals surface area contributed by atoms with Crippen LogP contribution in [-0.4, -0.2) is 21.2 Å². The molecule has 1 aromatic carbocycles. The van der Waals surface area contributed by atoms with Gasteiger partial charge < -0.3 is 5.32 Å². The van der Waals surface area contributed by atoms with Gasteiger partial charge in [0.1, 0.15) is 5.69 Å². The molecule has 0 amide bonds. The highest BCUT2D eigenvalue weighted by atomic mass is 35.5. The van der Waals surface area contributed by atoms with Crippen LogP contribution in [0.2, 0.25) is 5.02 Å². The van der Waals surface area contributed by atoms with Gasteiger partial charge in [0.05, 0.1) is 10.7 Å². The van der Waals surface area contributed by atoms with Crippen LogP contribution >= 0.6 is 11.6 Å². The summed E-state index contributed by atoms with van der Waals surface area (Å²) in [6.45, 7) is 6.88. The van der Waals surface area contributed by atoms with Crippen molar-refractivity contribution in [3.05, 3.63) is 65.1 Å². The van der Waals surface area contributed by atoms with E-state index in [0.29, 0.717) is 29.1 Å². The number of nitrogens with one attached hydrogen (secondary N) is 1. The van der Waals surface area contributed by atoms with Crippen molar-refractivity contribution < 1.29 is 0 Å². The van der Waals surface area contributed by atoms with Crippen molar-refractivity contribution in [3.8, 4) is 11.4 Å². The molecule has 5 nitrogen and oxygen atoms in total. The molecule has 3 rings (SSSR count). The van der Waals surface area contributed by atoms with Crippen molar-refractivity contribution >= 4 is 29.3 Å². The monoisotopic (exact) mass is 393 g/mol. The Bertz CT molecular complexity index is 956. The van der Waals surface area contributed by atoms with Gasteiger partial charge in [-0.1, -0.05) is 55.8 Å². The van der Waals surface area contributed by atoms with Crippen LogP contribution < -0.4 is 5.32 Å². The number of rotatable bonds is 7. The van der Waals surface area contributed by atoms with Crippen molar-refractivity contribution in [2.75, 3.05) is 5.32 Å². The minimum Gasteiger partial charge on any atom is -0.364 e. The van der Waals surface area contributed by atoms with Gasteiger partial charge in [-0.15, -0.1) is 0 Å². The van der Waals surface area contributed by atoms with Gasteiger partial charge in [0.15, 0.2) is 11.6 Å². The second kappa shape index (κ2) is 9.42. The number of benzene rings is 1. The fraction of sp³-hybridized carbons (Fsp3) is 0.273. The summed E-state index contributed by atoms with van der Waals surface area (Å²) < 4.78 is 0. The smallest absolute Gasteiger partial charge is 0.163 e. The van der Waals surface area contributed by atoms with E-state index in [9.17, 15) is 0 Å². The van der Waals surface area contributed by atoms with Crippen LogP contribution in [0.3, 0.4) is 0 Å². The SMILES string of the molecule is CCC(C)C=Nc1c(C)nc(-c2cncc(Cl)c2)nc1NCc1ccccc1. The molecule has 0 bridgehead atoms. The third-order valence-electron chi connectivity index (χ3n) is 4.43. The fourth-order valence-electron chi connectivity index (χ4n) is 2.60. The zero-order chi connectivity index (χ0) is 19.9. The van der Waals surface area contributed by atoms with Gasteiger partial charge in [-0.2, -0.15) is 0 Å². The van der Waals surface area contributed by atoms with Crippen LogP contribution in [0.25, 0.3) is 11.4 Å². The van der Waals surface area contributed by atoms with Gasteiger partial charge >= 0.3 is 0 Å². The lowest BCUT2D eigenvalue weighted by molar-refractivity contribution is 0.754. The average molecular weight is 394 g/mol. The van der Waals surface area contributed by atoms with Gasteiger partial charge in [-0.25, -0.2) is 9.97 Å². The molecule has 144 valence electrons. The van der Waals surface area contributed by atoms with Crippen molar-refractivity contribution in [3.63, 3.8) is 0 Å². The number of anilines is 1. The summed E-state index contributed by atoms with van der Waals surface area (Å²) in [6, 6.07) is 12.0. The molecule has 0 spiro atoms. The highest BCUT2D eigenvalue weighted by Gasteiger charge is 2.13. The Labute approximate surface area is 171 Å². The lowest BCUT2D eigenvalue weighted by atomic mass is 10.1. The van der Waals surface area contributed by atoms with Crippen LogP contribution in [-0.2, 0) is 6.54 Å². The number of hydrogen-bond donors (Lipinski definition) is 1. The molecule has 0 radical (unpaired) electrons. The number of aryl methyl sites for hydroxylation is 1. The second-order valence-electron chi connectivity index (χ2n) is 6.72. The van der Waals surface area contributed by atoms with E-state index < -0.39 is 0 Å². The number of pyridine rings is 1. The summed E-state index contributed by atoms with van der Waals surface area (Å²) in [4.78, 5) is 18.2. The van der Waals surface area contributed by atoms with E-state index in [1.165, 1.54) is 5.56 Å². The standard InChI is InChI=1S/C22H24ClN5/c1-4-15(2)11-25-20-16(3)27-21(18-10-19(23)14-24-13-18)28-22(20)26-12-17-8-6-5-7-9-17/h5-11,13-15H,4,12H2,1-3H3,(H,26,27,28). The molecule has 1 atom stereocenters. The first-order valence-electron chi connectivity index (χ1n) is 9.38. The minimum absolute atomic E-state index is 0.387. The number of nitrogens with zero attached hydrogens (tertiary/aromatic N) is 4. The van der Waals surface area contributed by atoms with Crippen LogP contribution in [0.5, 0.6) is 0 Å². The van der Waals surface area contributed by atoms with Gasteiger partial charge in [-0.3, -0.25) is 9.98 Å². The fourth-order valence-corrected chi connectivity index (χ4v) is 2.77. The Hall–Kier alpha value is -2.79. The molecule has 0 aliphatic heterocycles. The molecule has 0 aliphatic rings. The van der Waals surface area contributed by atoms with Crippen molar-refractivity contribution in [2.45, 2.75) is 33.7 Å².